The summed E-state index contributed by atoms with van der Waals surface area (Å²) in [5, 5.41) is 1.14. The van der Waals surface area contributed by atoms with E-state index in [1.807, 2.05) is 19.1 Å². The van der Waals surface area contributed by atoms with Crippen LogP contribution in [0.3, 0.4) is 0 Å². The zero-order chi connectivity index (χ0) is 14.4. The first-order valence-corrected chi connectivity index (χ1v) is 7.98. The predicted molar refractivity (Wildman–Crippen MR) is 84.4 cm³/mol. The summed E-state index contributed by atoms with van der Waals surface area (Å²) in [6.45, 7) is 2.02. The second-order valence-corrected chi connectivity index (χ2v) is 6.67. The Bertz CT molecular complexity index is 676. The average Bonchev–Trinajstić information content (AvgIpc) is 3.00. The van der Waals surface area contributed by atoms with Crippen molar-refractivity contribution in [3.05, 3.63) is 36.0 Å². The molecule has 1 aromatic carbocycles. The Morgan fingerprint density at radius 3 is 2.76 bits per heavy atom. The molecule has 4 rings (SSSR count). The number of pyridine rings is 1. The number of rotatable bonds is 2. The third-order valence-electron chi connectivity index (χ3n) is 5.47. The monoisotopic (exact) mass is 282 g/mol. The van der Waals surface area contributed by atoms with E-state index >= 15 is 0 Å². The highest BCUT2D eigenvalue weighted by Gasteiger charge is 2.56. The summed E-state index contributed by atoms with van der Waals surface area (Å²) < 4.78 is 6.38. The highest BCUT2D eigenvalue weighted by Crippen LogP contribution is 2.54. The summed E-state index contributed by atoms with van der Waals surface area (Å²) in [6.07, 6.45) is 6.26. The van der Waals surface area contributed by atoms with Crippen molar-refractivity contribution < 1.29 is 4.74 Å². The molecule has 21 heavy (non-hydrogen) atoms. The lowest BCUT2D eigenvalue weighted by Crippen LogP contribution is -2.62. The molecule has 2 aliphatic rings. The third-order valence-corrected chi connectivity index (χ3v) is 5.47. The van der Waals surface area contributed by atoms with Crippen LogP contribution in [0, 0.1) is 12.3 Å². The summed E-state index contributed by atoms with van der Waals surface area (Å²) in [6, 6.07) is 10.7. The van der Waals surface area contributed by atoms with Gasteiger partial charge >= 0.3 is 0 Å². The van der Waals surface area contributed by atoms with Crippen LogP contribution < -0.4 is 10.5 Å². The third kappa shape index (κ3) is 1.95. The molecule has 1 heterocycles. The lowest BCUT2D eigenvalue weighted by atomic mass is 9.61. The maximum atomic E-state index is 6.38. The van der Waals surface area contributed by atoms with E-state index in [2.05, 4.69) is 23.2 Å². The van der Waals surface area contributed by atoms with Crippen molar-refractivity contribution in [2.24, 2.45) is 11.1 Å². The lowest BCUT2D eigenvalue weighted by molar-refractivity contribution is -0.0613. The van der Waals surface area contributed by atoms with Crippen molar-refractivity contribution in [2.45, 2.75) is 51.2 Å². The van der Waals surface area contributed by atoms with E-state index in [-0.39, 0.29) is 11.5 Å². The number of benzene rings is 1. The minimum absolute atomic E-state index is 0.228. The number of aryl methyl sites for hydroxylation is 1. The van der Waals surface area contributed by atoms with Gasteiger partial charge in [0.25, 0.3) is 0 Å². The fraction of sp³-hybridized carbons (Fsp3) is 0.500. The molecule has 2 unspecified atom stereocenters. The molecule has 3 nitrogen and oxygen atoms in total. The first kappa shape index (κ1) is 13.1. The maximum Gasteiger partial charge on any atom is 0.145 e. The Hall–Kier alpha value is -1.61. The van der Waals surface area contributed by atoms with Crippen LogP contribution in [0.15, 0.2) is 30.3 Å². The largest absolute Gasteiger partial charge is 0.487 e. The van der Waals surface area contributed by atoms with Gasteiger partial charge in [0.2, 0.25) is 0 Å². The number of hydrogen-bond donors (Lipinski definition) is 1. The van der Waals surface area contributed by atoms with Gasteiger partial charge in [0.05, 0.1) is 0 Å². The van der Waals surface area contributed by atoms with E-state index in [0.29, 0.717) is 6.04 Å². The SMILES string of the molecule is Cc1ccc2cccc(OC3CC(N)C34CCCC4)c2n1. The molecule has 0 amide bonds. The quantitative estimate of drug-likeness (QED) is 0.915. The maximum absolute atomic E-state index is 6.38. The van der Waals surface area contributed by atoms with Crippen LogP contribution >= 0.6 is 0 Å². The number of hydrogen-bond acceptors (Lipinski definition) is 3. The second kappa shape index (κ2) is 4.70. The summed E-state index contributed by atoms with van der Waals surface area (Å²) in [4.78, 5) is 4.66. The number of fused-ring (bicyclic) bond motifs is 1. The Balaban J connectivity index is 1.67. The molecule has 2 N–H and O–H groups in total. The van der Waals surface area contributed by atoms with Crippen LogP contribution in [0.4, 0.5) is 0 Å². The number of nitrogens with two attached hydrogens (primary N) is 1. The van der Waals surface area contributed by atoms with Gasteiger partial charge in [-0.2, -0.15) is 0 Å². The van der Waals surface area contributed by atoms with Crippen LogP contribution in [0.25, 0.3) is 10.9 Å². The highest BCUT2D eigenvalue weighted by molar-refractivity contribution is 5.84. The van der Waals surface area contributed by atoms with Crippen LogP contribution in [-0.2, 0) is 0 Å². The minimum atomic E-state index is 0.228. The standard InChI is InChI=1S/C18H22N2O/c1-12-7-8-13-5-4-6-14(17(13)20-12)21-16-11-15(19)18(16)9-2-3-10-18/h4-8,15-16H,2-3,9-11,19H2,1H3. The molecule has 110 valence electrons. The van der Waals surface area contributed by atoms with Crippen LogP contribution in [0.2, 0.25) is 0 Å². The fourth-order valence-electron chi connectivity index (χ4n) is 4.14. The van der Waals surface area contributed by atoms with Crippen LogP contribution in [0.1, 0.15) is 37.8 Å². The Labute approximate surface area is 125 Å². The topological polar surface area (TPSA) is 48.1 Å². The van der Waals surface area contributed by atoms with Crippen molar-refractivity contribution in [1.29, 1.82) is 0 Å². The van der Waals surface area contributed by atoms with Gasteiger partial charge in [-0.25, -0.2) is 4.98 Å². The first-order valence-electron chi connectivity index (χ1n) is 7.98. The van der Waals surface area contributed by atoms with Crippen molar-refractivity contribution in [2.75, 3.05) is 0 Å². The van der Waals surface area contributed by atoms with Gasteiger partial charge in [0, 0.05) is 29.0 Å². The smallest absolute Gasteiger partial charge is 0.145 e. The molecule has 2 saturated carbocycles. The molecule has 1 aromatic heterocycles. The summed E-state index contributed by atoms with van der Waals surface area (Å²) in [7, 11) is 0. The van der Waals surface area contributed by atoms with E-state index in [4.69, 9.17) is 10.5 Å². The molecule has 2 fully saturated rings. The first-order chi connectivity index (χ1) is 10.2. The Morgan fingerprint density at radius 1 is 1.19 bits per heavy atom. The molecular weight excluding hydrogens is 260 g/mol. The van der Waals surface area contributed by atoms with Crippen LogP contribution in [0.5, 0.6) is 5.75 Å². The molecule has 2 atom stereocenters. The van der Waals surface area contributed by atoms with Gasteiger partial charge in [-0.1, -0.05) is 31.0 Å². The highest BCUT2D eigenvalue weighted by atomic mass is 16.5. The van der Waals surface area contributed by atoms with Gasteiger partial charge in [-0.3, -0.25) is 0 Å². The van der Waals surface area contributed by atoms with E-state index in [1.54, 1.807) is 0 Å². The molecule has 0 saturated heterocycles. The summed E-state index contributed by atoms with van der Waals surface area (Å²) in [5.41, 5.74) is 8.54. The number of para-hydroxylation sites is 1. The number of ether oxygens (including phenoxy) is 1. The summed E-state index contributed by atoms with van der Waals surface area (Å²) in [5.74, 6) is 0.916. The molecular formula is C18H22N2O. The van der Waals surface area contributed by atoms with E-state index in [0.717, 1.165) is 28.8 Å². The molecule has 1 spiro atoms. The van der Waals surface area contributed by atoms with Gasteiger partial charge in [0.15, 0.2) is 0 Å². The normalized spacial score (nSPS) is 27.0. The van der Waals surface area contributed by atoms with E-state index in [1.165, 1.54) is 25.7 Å². The minimum Gasteiger partial charge on any atom is -0.487 e. The van der Waals surface area contributed by atoms with Crippen molar-refractivity contribution in [3.8, 4) is 5.75 Å². The van der Waals surface area contributed by atoms with Crippen molar-refractivity contribution in [3.63, 3.8) is 0 Å². The zero-order valence-electron chi connectivity index (χ0n) is 12.5. The Morgan fingerprint density at radius 2 is 2.00 bits per heavy atom. The fourth-order valence-corrected chi connectivity index (χ4v) is 4.14. The number of nitrogens with zero attached hydrogens (tertiary/aromatic N) is 1. The molecule has 2 aliphatic carbocycles. The Kier molecular flexibility index (Phi) is 2.93. The van der Waals surface area contributed by atoms with Gasteiger partial charge in [-0.05, 0) is 31.9 Å². The molecule has 0 aliphatic heterocycles. The van der Waals surface area contributed by atoms with Gasteiger partial charge < -0.3 is 10.5 Å². The lowest BCUT2D eigenvalue weighted by Gasteiger charge is -2.52. The number of aromatic nitrogens is 1. The van der Waals surface area contributed by atoms with Crippen LogP contribution in [-0.4, -0.2) is 17.1 Å². The summed E-state index contributed by atoms with van der Waals surface area (Å²) >= 11 is 0. The molecule has 0 bridgehead atoms. The average molecular weight is 282 g/mol. The molecule has 2 aromatic rings. The molecule has 0 radical (unpaired) electrons. The van der Waals surface area contributed by atoms with Crippen molar-refractivity contribution in [1.82, 2.24) is 4.98 Å². The van der Waals surface area contributed by atoms with Gasteiger partial charge in [-0.15, -0.1) is 0 Å². The van der Waals surface area contributed by atoms with E-state index < -0.39 is 0 Å². The van der Waals surface area contributed by atoms with Crippen molar-refractivity contribution >= 4 is 10.9 Å². The predicted octanol–water partition coefficient (Wildman–Crippen LogP) is 3.58. The molecule has 3 heteroatoms. The van der Waals surface area contributed by atoms with E-state index in [9.17, 15) is 0 Å². The zero-order valence-corrected chi connectivity index (χ0v) is 12.5. The van der Waals surface area contributed by atoms with Gasteiger partial charge in [0.1, 0.15) is 17.4 Å². The second-order valence-electron chi connectivity index (χ2n) is 6.67.